The lowest BCUT2D eigenvalue weighted by molar-refractivity contribution is -0.115. The van der Waals surface area contributed by atoms with E-state index in [1.54, 1.807) is 61.5 Å². The molecule has 2 N–H and O–H groups in total. The Morgan fingerprint density at radius 2 is 1.74 bits per heavy atom. The van der Waals surface area contributed by atoms with Crippen molar-refractivity contribution in [2.75, 3.05) is 10.2 Å². The fourth-order valence-electron chi connectivity index (χ4n) is 4.58. The lowest BCUT2D eigenvalue weighted by Crippen LogP contribution is -2.33. The predicted molar refractivity (Wildman–Crippen MR) is 173 cm³/mol. The van der Waals surface area contributed by atoms with Gasteiger partial charge >= 0.3 is 5.97 Å². The average Bonchev–Trinajstić information content (AvgIpc) is 3.64. The predicted octanol–water partition coefficient (Wildman–Crippen LogP) is 7.17. The van der Waals surface area contributed by atoms with E-state index < -0.39 is 11.2 Å². The number of anilines is 2. The number of nitrogens with one attached hydrogen (secondary N) is 1. The molecule has 8 nitrogen and oxygen atoms in total. The maximum Gasteiger partial charge on any atom is 0.336 e. The van der Waals surface area contributed by atoms with E-state index in [1.165, 1.54) is 28.0 Å². The SMILES string of the molecule is CC(SC1=N/C(=C\c2ccsc2)C(=O)N1c1ccccc1)C(=O)Nc1ccc(-c2cc(C(=O)O)c3ccccc3n2)cc1. The van der Waals surface area contributed by atoms with Crippen LogP contribution in [0.5, 0.6) is 0 Å². The van der Waals surface area contributed by atoms with E-state index in [0.717, 1.165) is 11.1 Å². The number of aromatic carboxylic acids is 1. The minimum Gasteiger partial charge on any atom is -0.478 e. The summed E-state index contributed by atoms with van der Waals surface area (Å²) < 4.78 is 0. The molecule has 3 aromatic carbocycles. The lowest BCUT2D eigenvalue weighted by Gasteiger charge is -2.20. The number of carbonyl (C=O) groups is 3. The van der Waals surface area contributed by atoms with Crippen molar-refractivity contribution in [3.05, 3.63) is 119 Å². The van der Waals surface area contributed by atoms with E-state index in [1.807, 2.05) is 53.2 Å². The van der Waals surface area contributed by atoms with Gasteiger partial charge in [-0.05, 0) is 71.8 Å². The van der Waals surface area contributed by atoms with E-state index in [2.05, 4.69) is 15.3 Å². The van der Waals surface area contributed by atoms with Crippen molar-refractivity contribution in [1.29, 1.82) is 0 Å². The largest absolute Gasteiger partial charge is 0.478 e. The van der Waals surface area contributed by atoms with Crippen molar-refractivity contribution in [3.63, 3.8) is 0 Å². The molecule has 1 aliphatic rings. The van der Waals surface area contributed by atoms with Crippen molar-refractivity contribution in [2.24, 2.45) is 4.99 Å². The summed E-state index contributed by atoms with van der Waals surface area (Å²) in [6.45, 7) is 1.76. The quantitative estimate of drug-likeness (QED) is 0.191. The van der Waals surface area contributed by atoms with Gasteiger partial charge in [0.05, 0.1) is 27.7 Å². The molecule has 43 heavy (non-hydrogen) atoms. The lowest BCUT2D eigenvalue weighted by atomic mass is 10.0. The number of carbonyl (C=O) groups excluding carboxylic acids is 2. The molecule has 0 aliphatic carbocycles. The summed E-state index contributed by atoms with van der Waals surface area (Å²) in [7, 11) is 0. The number of aliphatic imine (C=N–C) groups is 1. The molecule has 2 amide bonds. The first-order chi connectivity index (χ1) is 20.9. The van der Waals surface area contributed by atoms with E-state index in [9.17, 15) is 19.5 Å². The monoisotopic (exact) mass is 604 g/mol. The summed E-state index contributed by atoms with van der Waals surface area (Å²) in [5.41, 5.74) is 4.45. The molecule has 0 fully saturated rings. The Balaban J connectivity index is 1.19. The zero-order chi connectivity index (χ0) is 29.9. The van der Waals surface area contributed by atoms with Gasteiger partial charge in [0.2, 0.25) is 5.91 Å². The molecule has 212 valence electrons. The van der Waals surface area contributed by atoms with Gasteiger partial charge in [-0.3, -0.25) is 14.5 Å². The number of fused-ring (bicyclic) bond motifs is 1. The highest BCUT2D eigenvalue weighted by Crippen LogP contribution is 2.32. The second kappa shape index (κ2) is 12.0. The van der Waals surface area contributed by atoms with Crippen LogP contribution in [0.4, 0.5) is 11.4 Å². The third-order valence-corrected chi connectivity index (χ3v) is 8.49. The van der Waals surface area contributed by atoms with Crippen LogP contribution in [0.25, 0.3) is 28.2 Å². The van der Waals surface area contributed by atoms with Crippen LogP contribution in [-0.2, 0) is 9.59 Å². The number of para-hydroxylation sites is 2. The smallest absolute Gasteiger partial charge is 0.336 e. The minimum atomic E-state index is -1.02. The van der Waals surface area contributed by atoms with Gasteiger partial charge in [-0.2, -0.15) is 11.3 Å². The Morgan fingerprint density at radius 1 is 1.00 bits per heavy atom. The summed E-state index contributed by atoms with van der Waals surface area (Å²) >= 11 is 2.74. The number of hydrogen-bond donors (Lipinski definition) is 2. The summed E-state index contributed by atoms with van der Waals surface area (Å²) in [4.78, 5) is 49.2. The van der Waals surface area contributed by atoms with E-state index in [-0.39, 0.29) is 17.4 Å². The van der Waals surface area contributed by atoms with Crippen LogP contribution < -0.4 is 10.2 Å². The Morgan fingerprint density at radius 3 is 2.47 bits per heavy atom. The highest BCUT2D eigenvalue weighted by molar-refractivity contribution is 8.15. The van der Waals surface area contributed by atoms with Crippen LogP contribution in [0.2, 0.25) is 0 Å². The highest BCUT2D eigenvalue weighted by Gasteiger charge is 2.34. The molecule has 5 aromatic rings. The van der Waals surface area contributed by atoms with Crippen molar-refractivity contribution < 1.29 is 19.5 Å². The molecule has 1 unspecified atom stereocenters. The standard InChI is InChI=1S/C33H24N4O4S2/c1-20(43-33-36-29(17-21-15-16-42-19-21)31(39)37(33)24-7-3-2-4-8-24)30(38)34-23-13-11-22(12-14-23)28-18-26(32(40)41)25-9-5-6-10-27(25)35-28/h2-20H,1H3,(H,34,38)(H,40,41)/b29-17-. The van der Waals surface area contributed by atoms with Crippen LogP contribution in [-0.4, -0.2) is 38.3 Å². The number of amides is 2. The molecule has 0 saturated carbocycles. The summed E-state index contributed by atoms with van der Waals surface area (Å²) in [6, 6.07) is 26.9. The van der Waals surface area contributed by atoms with Crippen molar-refractivity contribution >= 4 is 74.4 Å². The van der Waals surface area contributed by atoms with Gasteiger partial charge in [0.1, 0.15) is 5.70 Å². The topological polar surface area (TPSA) is 112 Å². The molecule has 10 heteroatoms. The molecule has 2 aromatic heterocycles. The first-order valence-corrected chi connectivity index (χ1v) is 15.1. The maximum absolute atomic E-state index is 13.4. The van der Waals surface area contributed by atoms with Gasteiger partial charge in [0.15, 0.2) is 5.17 Å². The molecule has 1 atom stereocenters. The number of aromatic nitrogens is 1. The molecule has 0 spiro atoms. The first-order valence-electron chi connectivity index (χ1n) is 13.3. The second-order valence-electron chi connectivity index (χ2n) is 9.66. The van der Waals surface area contributed by atoms with Gasteiger partial charge in [0.25, 0.3) is 5.91 Å². The Bertz CT molecular complexity index is 1900. The van der Waals surface area contributed by atoms with Gasteiger partial charge in [-0.15, -0.1) is 0 Å². The summed E-state index contributed by atoms with van der Waals surface area (Å²) in [5, 5.41) is 16.9. The van der Waals surface area contributed by atoms with E-state index in [0.29, 0.717) is 38.8 Å². The number of pyridine rings is 1. The Hall–Kier alpha value is -5.06. The number of hydrogen-bond acceptors (Lipinski definition) is 7. The number of rotatable bonds is 7. The molecule has 3 heterocycles. The second-order valence-corrected chi connectivity index (χ2v) is 11.7. The number of thiophene rings is 1. The number of amidine groups is 1. The third-order valence-electron chi connectivity index (χ3n) is 6.74. The Kier molecular flexibility index (Phi) is 7.86. The molecule has 6 rings (SSSR count). The van der Waals surface area contributed by atoms with E-state index in [4.69, 9.17) is 0 Å². The van der Waals surface area contributed by atoms with Crippen LogP contribution in [0.15, 0.2) is 112 Å². The molecular weight excluding hydrogens is 581 g/mol. The van der Waals surface area contributed by atoms with Crippen LogP contribution >= 0.6 is 23.1 Å². The number of benzene rings is 3. The molecule has 0 radical (unpaired) electrons. The van der Waals surface area contributed by atoms with Gasteiger partial charge in [-0.1, -0.05) is 60.3 Å². The maximum atomic E-state index is 13.4. The minimum absolute atomic E-state index is 0.176. The average molecular weight is 605 g/mol. The van der Waals surface area contributed by atoms with Crippen LogP contribution in [0.1, 0.15) is 22.8 Å². The van der Waals surface area contributed by atoms with E-state index >= 15 is 0 Å². The fourth-order valence-corrected chi connectivity index (χ4v) is 6.12. The summed E-state index contributed by atoms with van der Waals surface area (Å²) in [6.07, 6.45) is 1.75. The molecule has 1 aliphatic heterocycles. The first kappa shape index (κ1) is 28.1. The number of carboxylic acid groups (broad SMARTS) is 1. The van der Waals surface area contributed by atoms with Gasteiger partial charge < -0.3 is 10.4 Å². The van der Waals surface area contributed by atoms with Crippen molar-refractivity contribution in [3.8, 4) is 11.3 Å². The third kappa shape index (κ3) is 5.97. The number of nitrogens with zero attached hydrogens (tertiary/aromatic N) is 3. The molecule has 0 saturated heterocycles. The van der Waals surface area contributed by atoms with Crippen LogP contribution in [0, 0.1) is 0 Å². The zero-order valence-electron chi connectivity index (χ0n) is 22.8. The molecular formula is C33H24N4O4S2. The highest BCUT2D eigenvalue weighted by atomic mass is 32.2. The summed E-state index contributed by atoms with van der Waals surface area (Å²) in [5.74, 6) is -1.53. The van der Waals surface area contributed by atoms with Gasteiger partial charge in [0, 0.05) is 16.6 Å². The van der Waals surface area contributed by atoms with Crippen molar-refractivity contribution in [1.82, 2.24) is 4.98 Å². The Labute approximate surface area is 255 Å². The molecule has 0 bridgehead atoms. The zero-order valence-corrected chi connectivity index (χ0v) is 24.4. The van der Waals surface area contributed by atoms with Gasteiger partial charge in [-0.25, -0.2) is 14.8 Å². The van der Waals surface area contributed by atoms with Crippen LogP contribution in [0.3, 0.4) is 0 Å². The number of carboxylic acids is 1. The number of thioether (sulfide) groups is 1. The normalized spacial score (nSPS) is 14.6. The van der Waals surface area contributed by atoms with Crippen molar-refractivity contribution in [2.45, 2.75) is 12.2 Å². The fraction of sp³-hybridized carbons (Fsp3) is 0.0606.